The van der Waals surface area contributed by atoms with Gasteiger partial charge in [-0.05, 0) is 54.1 Å². The van der Waals surface area contributed by atoms with Crippen molar-refractivity contribution in [2.24, 2.45) is 0 Å². The predicted octanol–water partition coefficient (Wildman–Crippen LogP) is 4.96. The van der Waals surface area contributed by atoms with Gasteiger partial charge in [0.1, 0.15) is 0 Å². The second kappa shape index (κ2) is 7.90. The summed E-state index contributed by atoms with van der Waals surface area (Å²) in [5, 5.41) is 12.8. The van der Waals surface area contributed by atoms with Crippen molar-refractivity contribution in [2.75, 3.05) is 13.1 Å². The van der Waals surface area contributed by atoms with Crippen LogP contribution in [0.4, 0.5) is 0 Å². The van der Waals surface area contributed by atoms with Gasteiger partial charge in [-0.25, -0.2) is 0 Å². The molecule has 1 amide bonds. The van der Waals surface area contributed by atoms with Crippen LogP contribution in [-0.2, 0) is 16.9 Å². The molecular weight excluding hydrogens is 440 g/mol. The Bertz CT molecular complexity index is 991. The fourth-order valence-electron chi connectivity index (χ4n) is 3.90. The van der Waals surface area contributed by atoms with Gasteiger partial charge in [0.2, 0.25) is 5.91 Å². The van der Waals surface area contributed by atoms with E-state index in [4.69, 9.17) is 11.6 Å². The van der Waals surface area contributed by atoms with Crippen LogP contribution in [0.1, 0.15) is 24.8 Å². The fourth-order valence-corrected chi connectivity index (χ4v) is 4.38. The van der Waals surface area contributed by atoms with Gasteiger partial charge in [0.05, 0.1) is 5.60 Å². The molecule has 0 unspecified atom stereocenters. The minimum absolute atomic E-state index is 0.134. The SMILES string of the molecule is O=C(CCn1ccc2ccc(Br)cc21)N1CCC(O)(c2ccc(Cl)cc2)CC1. The summed E-state index contributed by atoms with van der Waals surface area (Å²) in [4.78, 5) is 14.6. The van der Waals surface area contributed by atoms with E-state index < -0.39 is 5.60 Å². The Morgan fingerprint density at radius 1 is 1.11 bits per heavy atom. The number of hydrogen-bond donors (Lipinski definition) is 1. The third-order valence-corrected chi connectivity index (χ3v) is 6.37. The minimum Gasteiger partial charge on any atom is -0.385 e. The molecule has 0 aliphatic carbocycles. The van der Waals surface area contributed by atoms with E-state index in [2.05, 4.69) is 38.7 Å². The number of halogens is 2. The van der Waals surface area contributed by atoms with Crippen molar-refractivity contribution in [1.82, 2.24) is 9.47 Å². The maximum absolute atomic E-state index is 12.7. The molecule has 1 saturated heterocycles. The second-order valence-corrected chi connectivity index (χ2v) is 8.73. The van der Waals surface area contributed by atoms with Crippen molar-refractivity contribution in [1.29, 1.82) is 0 Å². The average molecular weight is 462 g/mol. The van der Waals surface area contributed by atoms with Crippen LogP contribution in [-0.4, -0.2) is 33.6 Å². The predicted molar refractivity (Wildman–Crippen MR) is 115 cm³/mol. The lowest BCUT2D eigenvalue weighted by Crippen LogP contribution is -2.45. The summed E-state index contributed by atoms with van der Waals surface area (Å²) in [7, 11) is 0. The van der Waals surface area contributed by atoms with E-state index in [0.717, 1.165) is 15.6 Å². The van der Waals surface area contributed by atoms with E-state index in [1.54, 1.807) is 12.1 Å². The van der Waals surface area contributed by atoms with Crippen molar-refractivity contribution in [3.05, 3.63) is 69.8 Å². The summed E-state index contributed by atoms with van der Waals surface area (Å²) in [5.74, 6) is 0.134. The number of aliphatic hydroxyl groups is 1. The monoisotopic (exact) mass is 460 g/mol. The molecule has 146 valence electrons. The highest BCUT2D eigenvalue weighted by Crippen LogP contribution is 2.33. The first kappa shape index (κ1) is 19.5. The lowest BCUT2D eigenvalue weighted by atomic mass is 9.84. The Labute approximate surface area is 177 Å². The van der Waals surface area contributed by atoms with Gasteiger partial charge in [0.25, 0.3) is 0 Å². The van der Waals surface area contributed by atoms with Crippen molar-refractivity contribution in [2.45, 2.75) is 31.4 Å². The van der Waals surface area contributed by atoms with Crippen LogP contribution in [0.15, 0.2) is 59.2 Å². The third kappa shape index (κ3) is 3.97. The third-order valence-electron chi connectivity index (χ3n) is 5.63. The summed E-state index contributed by atoms with van der Waals surface area (Å²) < 4.78 is 3.15. The molecule has 1 aliphatic rings. The summed E-state index contributed by atoms with van der Waals surface area (Å²) >= 11 is 9.45. The van der Waals surface area contributed by atoms with Crippen LogP contribution in [0, 0.1) is 0 Å². The fraction of sp³-hybridized carbons (Fsp3) is 0.318. The van der Waals surface area contributed by atoms with E-state index >= 15 is 0 Å². The Kier molecular flexibility index (Phi) is 5.50. The van der Waals surface area contributed by atoms with Crippen molar-refractivity contribution < 1.29 is 9.90 Å². The Balaban J connectivity index is 1.36. The van der Waals surface area contributed by atoms with Crippen LogP contribution >= 0.6 is 27.5 Å². The number of benzene rings is 2. The van der Waals surface area contributed by atoms with Gasteiger partial charge < -0.3 is 14.6 Å². The quantitative estimate of drug-likeness (QED) is 0.597. The van der Waals surface area contributed by atoms with Crippen LogP contribution in [0.2, 0.25) is 5.02 Å². The number of fused-ring (bicyclic) bond motifs is 1. The highest BCUT2D eigenvalue weighted by molar-refractivity contribution is 9.10. The molecule has 6 heteroatoms. The molecule has 3 aromatic rings. The van der Waals surface area contributed by atoms with E-state index in [9.17, 15) is 9.90 Å². The van der Waals surface area contributed by atoms with E-state index in [-0.39, 0.29) is 5.91 Å². The molecule has 0 atom stereocenters. The van der Waals surface area contributed by atoms with E-state index in [1.165, 1.54) is 5.39 Å². The summed E-state index contributed by atoms with van der Waals surface area (Å²) in [5.41, 5.74) is 1.11. The maximum atomic E-state index is 12.7. The largest absolute Gasteiger partial charge is 0.385 e. The van der Waals surface area contributed by atoms with E-state index in [0.29, 0.717) is 43.9 Å². The van der Waals surface area contributed by atoms with Crippen molar-refractivity contribution in [3.8, 4) is 0 Å². The molecule has 28 heavy (non-hydrogen) atoms. The Morgan fingerprint density at radius 2 is 1.82 bits per heavy atom. The zero-order chi connectivity index (χ0) is 19.7. The number of aromatic nitrogens is 1. The molecule has 4 rings (SSSR count). The summed E-state index contributed by atoms with van der Waals surface area (Å²) in [6, 6.07) is 15.6. The van der Waals surface area contributed by atoms with Gasteiger partial charge in [0.15, 0.2) is 0 Å². The van der Waals surface area contributed by atoms with Gasteiger partial charge in [-0.3, -0.25) is 4.79 Å². The second-order valence-electron chi connectivity index (χ2n) is 7.38. The minimum atomic E-state index is -0.885. The number of amides is 1. The number of carbonyl (C=O) groups is 1. The van der Waals surface area contributed by atoms with Gasteiger partial charge in [-0.1, -0.05) is 45.7 Å². The number of nitrogens with zero attached hydrogens (tertiary/aromatic N) is 2. The van der Waals surface area contributed by atoms with Crippen LogP contribution in [0.5, 0.6) is 0 Å². The highest BCUT2D eigenvalue weighted by atomic mass is 79.9. The van der Waals surface area contributed by atoms with E-state index in [1.807, 2.05) is 29.3 Å². The van der Waals surface area contributed by atoms with Gasteiger partial charge in [-0.2, -0.15) is 0 Å². The number of likely N-dealkylation sites (tertiary alicyclic amines) is 1. The molecule has 1 aromatic heterocycles. The van der Waals surface area contributed by atoms with Crippen LogP contribution in [0.3, 0.4) is 0 Å². The zero-order valence-electron chi connectivity index (χ0n) is 15.4. The smallest absolute Gasteiger partial charge is 0.224 e. The number of hydrogen-bond acceptors (Lipinski definition) is 2. The van der Waals surface area contributed by atoms with Crippen LogP contribution in [0.25, 0.3) is 10.9 Å². The molecule has 0 spiro atoms. The number of aryl methyl sites for hydroxylation is 1. The number of rotatable bonds is 4. The summed E-state index contributed by atoms with van der Waals surface area (Å²) in [6.07, 6.45) is 3.56. The molecule has 2 aromatic carbocycles. The Morgan fingerprint density at radius 3 is 2.54 bits per heavy atom. The first-order chi connectivity index (χ1) is 13.4. The zero-order valence-corrected chi connectivity index (χ0v) is 17.8. The summed E-state index contributed by atoms with van der Waals surface area (Å²) in [6.45, 7) is 1.78. The lowest BCUT2D eigenvalue weighted by molar-refractivity contribution is -0.136. The molecule has 1 aliphatic heterocycles. The molecule has 1 N–H and O–H groups in total. The molecule has 0 bridgehead atoms. The topological polar surface area (TPSA) is 45.5 Å². The van der Waals surface area contributed by atoms with Crippen molar-refractivity contribution >= 4 is 44.3 Å². The molecular formula is C22H22BrClN2O2. The number of carbonyl (C=O) groups excluding carboxylic acids is 1. The van der Waals surface area contributed by atoms with Gasteiger partial charge in [0, 0.05) is 47.3 Å². The molecule has 2 heterocycles. The van der Waals surface area contributed by atoms with Gasteiger partial charge >= 0.3 is 0 Å². The van der Waals surface area contributed by atoms with Crippen LogP contribution < -0.4 is 0 Å². The Hall–Kier alpha value is -1.82. The molecule has 0 saturated carbocycles. The first-order valence-corrected chi connectivity index (χ1v) is 10.6. The lowest BCUT2D eigenvalue weighted by Gasteiger charge is -2.38. The molecule has 1 fully saturated rings. The maximum Gasteiger partial charge on any atom is 0.224 e. The van der Waals surface area contributed by atoms with Gasteiger partial charge in [-0.15, -0.1) is 0 Å². The molecule has 4 nitrogen and oxygen atoms in total. The molecule has 0 radical (unpaired) electrons. The highest BCUT2D eigenvalue weighted by Gasteiger charge is 2.35. The standard InChI is InChI=1S/C22H22BrClN2O2/c23-18-4-1-16-7-11-25(20(16)15-18)12-8-21(27)26-13-9-22(28,10-14-26)17-2-5-19(24)6-3-17/h1-7,11,15,28H,8-10,12-14H2. The van der Waals surface area contributed by atoms with Crippen molar-refractivity contribution in [3.63, 3.8) is 0 Å². The number of piperidine rings is 1. The normalized spacial score (nSPS) is 16.5. The average Bonchev–Trinajstić information content (AvgIpc) is 3.09. The first-order valence-electron chi connectivity index (χ1n) is 9.45.